The Morgan fingerprint density at radius 3 is 2.02 bits per heavy atom. The fraction of sp³-hybridized carbons (Fsp3) is 0.556. The number of esters is 2. The molecule has 0 unspecified atom stereocenters. The van der Waals surface area contributed by atoms with Gasteiger partial charge in [-0.3, -0.25) is 38.6 Å². The Morgan fingerprint density at radius 1 is 0.783 bits per heavy atom. The number of benzene rings is 1. The number of aryl methyl sites for hydroxylation is 1. The van der Waals surface area contributed by atoms with Crippen LogP contribution in [0.3, 0.4) is 0 Å². The summed E-state index contributed by atoms with van der Waals surface area (Å²) in [6.07, 6.45) is 13.6. The lowest BCUT2D eigenvalue weighted by atomic mass is 9.55. The molecule has 5 atom stereocenters. The van der Waals surface area contributed by atoms with E-state index in [1.807, 2.05) is 12.1 Å². The van der Waals surface area contributed by atoms with Crippen molar-refractivity contribution >= 4 is 35.6 Å². The molecule has 4 amide bonds. The maximum absolute atomic E-state index is 12.8. The molecular formula is C36H42N2O8. The molecule has 244 valence electrons. The average Bonchev–Trinajstić information content (AvgIpc) is 3.66. The molecular weight excluding hydrogens is 588 g/mol. The summed E-state index contributed by atoms with van der Waals surface area (Å²) in [7, 11) is 0. The van der Waals surface area contributed by atoms with Crippen molar-refractivity contribution in [2.45, 2.75) is 96.0 Å². The zero-order valence-electron chi connectivity index (χ0n) is 26.4. The van der Waals surface area contributed by atoms with Crippen LogP contribution in [0.2, 0.25) is 0 Å². The van der Waals surface area contributed by atoms with Crippen molar-refractivity contribution in [3.63, 3.8) is 0 Å². The summed E-state index contributed by atoms with van der Waals surface area (Å²) in [5.74, 6) is 0.283. The minimum Gasteiger partial charge on any atom is -0.462 e. The quantitative estimate of drug-likeness (QED) is 0.143. The van der Waals surface area contributed by atoms with Gasteiger partial charge in [-0.05, 0) is 105 Å². The Bertz CT molecular complexity index is 1460. The van der Waals surface area contributed by atoms with E-state index in [0.29, 0.717) is 62.3 Å². The van der Waals surface area contributed by atoms with Crippen LogP contribution in [-0.2, 0) is 39.9 Å². The molecule has 0 saturated heterocycles. The molecule has 2 heterocycles. The van der Waals surface area contributed by atoms with E-state index in [2.05, 4.69) is 13.0 Å². The molecule has 2 fully saturated rings. The van der Waals surface area contributed by atoms with Gasteiger partial charge in [0.05, 0.1) is 0 Å². The van der Waals surface area contributed by atoms with Crippen molar-refractivity contribution in [2.75, 3.05) is 13.1 Å². The van der Waals surface area contributed by atoms with E-state index in [1.165, 1.54) is 45.2 Å². The number of ether oxygens (including phenoxy) is 2. The molecule has 1 aromatic rings. The maximum atomic E-state index is 12.8. The van der Waals surface area contributed by atoms with Gasteiger partial charge in [-0.2, -0.15) is 0 Å². The highest BCUT2D eigenvalue weighted by Gasteiger charge is 2.56. The number of imide groups is 2. The highest BCUT2D eigenvalue weighted by Crippen LogP contribution is 2.61. The van der Waals surface area contributed by atoms with Gasteiger partial charge in [-0.15, -0.1) is 0 Å². The van der Waals surface area contributed by atoms with Crippen LogP contribution in [0.25, 0.3) is 0 Å². The summed E-state index contributed by atoms with van der Waals surface area (Å²) in [6.45, 7) is 2.92. The Morgan fingerprint density at radius 2 is 1.39 bits per heavy atom. The van der Waals surface area contributed by atoms with Gasteiger partial charge in [-0.25, -0.2) is 0 Å². The van der Waals surface area contributed by atoms with E-state index in [-0.39, 0.29) is 59.9 Å². The minimum absolute atomic E-state index is 0.0459. The van der Waals surface area contributed by atoms with Crippen LogP contribution in [-0.4, -0.2) is 64.6 Å². The van der Waals surface area contributed by atoms with E-state index in [0.717, 1.165) is 38.5 Å². The highest BCUT2D eigenvalue weighted by atomic mass is 16.5. The van der Waals surface area contributed by atoms with Gasteiger partial charge in [0.15, 0.2) is 0 Å². The first-order valence-corrected chi connectivity index (χ1v) is 16.7. The Labute approximate surface area is 269 Å². The van der Waals surface area contributed by atoms with Crippen molar-refractivity contribution in [3.8, 4) is 5.75 Å². The van der Waals surface area contributed by atoms with Crippen molar-refractivity contribution in [1.29, 1.82) is 0 Å². The van der Waals surface area contributed by atoms with Crippen LogP contribution >= 0.6 is 0 Å². The SMILES string of the molecule is C[C@]12CC[C@@H]3c4ccc(OC(=O)CCCCN5C(=O)C=CC5=O)cc4CC[C@H]3[C@@H]1CC[C@@H]2OC(=O)CCCCN1C(=O)C=CC1=O. The Kier molecular flexibility index (Phi) is 9.25. The molecule has 3 aliphatic carbocycles. The van der Waals surface area contributed by atoms with Crippen LogP contribution in [0, 0.1) is 17.3 Å². The fourth-order valence-corrected chi connectivity index (χ4v) is 8.55. The number of unbranched alkanes of at least 4 members (excludes halogenated alkanes) is 2. The largest absolute Gasteiger partial charge is 0.462 e. The number of rotatable bonds is 12. The van der Waals surface area contributed by atoms with E-state index >= 15 is 0 Å². The lowest BCUT2D eigenvalue weighted by molar-refractivity contribution is -0.157. The Balaban J connectivity index is 0.965. The summed E-state index contributed by atoms with van der Waals surface area (Å²) >= 11 is 0. The summed E-state index contributed by atoms with van der Waals surface area (Å²) in [5, 5.41) is 0. The number of fused-ring (bicyclic) bond motifs is 5. The maximum Gasteiger partial charge on any atom is 0.311 e. The van der Waals surface area contributed by atoms with Gasteiger partial charge >= 0.3 is 11.9 Å². The normalized spacial score (nSPS) is 28.0. The van der Waals surface area contributed by atoms with Crippen molar-refractivity contribution < 1.29 is 38.2 Å². The molecule has 10 nitrogen and oxygen atoms in total. The van der Waals surface area contributed by atoms with Gasteiger partial charge in [0.2, 0.25) is 0 Å². The van der Waals surface area contributed by atoms with E-state index in [9.17, 15) is 28.8 Å². The first-order chi connectivity index (χ1) is 22.1. The van der Waals surface area contributed by atoms with Crippen molar-refractivity contribution in [3.05, 3.63) is 53.6 Å². The van der Waals surface area contributed by atoms with Crippen LogP contribution in [0.15, 0.2) is 42.5 Å². The molecule has 0 aromatic heterocycles. The number of nitrogens with zero attached hydrogens (tertiary/aromatic N) is 2. The summed E-state index contributed by atoms with van der Waals surface area (Å²) in [6, 6.07) is 6.03. The molecule has 46 heavy (non-hydrogen) atoms. The zero-order chi connectivity index (χ0) is 32.4. The highest BCUT2D eigenvalue weighted by molar-refractivity contribution is 6.13. The predicted molar refractivity (Wildman–Crippen MR) is 166 cm³/mol. The third-order valence-corrected chi connectivity index (χ3v) is 10.9. The van der Waals surface area contributed by atoms with Gasteiger partial charge in [0.25, 0.3) is 23.6 Å². The smallest absolute Gasteiger partial charge is 0.311 e. The Hall–Kier alpha value is -4.08. The lowest BCUT2D eigenvalue weighted by Crippen LogP contribution is -2.45. The van der Waals surface area contributed by atoms with Crippen molar-refractivity contribution in [1.82, 2.24) is 9.80 Å². The van der Waals surface area contributed by atoms with Crippen LogP contribution in [0.1, 0.15) is 94.6 Å². The molecule has 6 rings (SSSR count). The van der Waals surface area contributed by atoms with Crippen LogP contribution < -0.4 is 4.74 Å². The molecule has 2 aliphatic heterocycles. The number of amides is 4. The molecule has 1 aromatic carbocycles. The van der Waals surface area contributed by atoms with Gasteiger partial charge in [0.1, 0.15) is 11.9 Å². The van der Waals surface area contributed by atoms with E-state index in [1.54, 1.807) is 0 Å². The van der Waals surface area contributed by atoms with Crippen LogP contribution in [0.4, 0.5) is 0 Å². The van der Waals surface area contributed by atoms with E-state index in [4.69, 9.17) is 9.47 Å². The number of carbonyl (C=O) groups is 6. The topological polar surface area (TPSA) is 127 Å². The van der Waals surface area contributed by atoms with Gasteiger partial charge in [0, 0.05) is 55.7 Å². The standard InChI is InChI=1S/C36H42N2O8/c1-36-19-18-26-25-11-9-24(45-34(43)6-2-4-20-37-30(39)14-15-31(37)40)22-23(25)8-10-27(26)28(36)12-13-29(36)46-35(44)7-3-5-21-38-32(41)16-17-33(38)42/h9,11,14-17,22,26-29H,2-8,10,12-13,18-21H2,1H3/t26-,27-,28+,29+,36+/m1/s1. The van der Waals surface area contributed by atoms with Gasteiger partial charge < -0.3 is 9.47 Å². The molecule has 10 heteroatoms. The second-order valence-corrected chi connectivity index (χ2v) is 13.6. The second-order valence-electron chi connectivity index (χ2n) is 13.6. The molecule has 0 bridgehead atoms. The number of hydrogen-bond donors (Lipinski definition) is 0. The lowest BCUT2D eigenvalue weighted by Gasteiger charge is -2.50. The third-order valence-electron chi connectivity index (χ3n) is 10.9. The monoisotopic (exact) mass is 630 g/mol. The first-order valence-electron chi connectivity index (χ1n) is 16.7. The fourth-order valence-electron chi connectivity index (χ4n) is 8.55. The zero-order valence-corrected chi connectivity index (χ0v) is 26.4. The second kappa shape index (κ2) is 13.3. The summed E-state index contributed by atoms with van der Waals surface area (Å²) in [4.78, 5) is 74.4. The predicted octanol–water partition coefficient (Wildman–Crippen LogP) is 4.55. The van der Waals surface area contributed by atoms with Crippen LogP contribution in [0.5, 0.6) is 5.75 Å². The third kappa shape index (κ3) is 6.44. The van der Waals surface area contributed by atoms with E-state index < -0.39 is 0 Å². The molecule has 0 N–H and O–H groups in total. The summed E-state index contributed by atoms with van der Waals surface area (Å²) in [5.41, 5.74) is 2.54. The van der Waals surface area contributed by atoms with Gasteiger partial charge in [-0.1, -0.05) is 13.0 Å². The number of hydrogen-bond acceptors (Lipinski definition) is 8. The summed E-state index contributed by atoms with van der Waals surface area (Å²) < 4.78 is 11.7. The minimum atomic E-state index is -0.320. The molecule has 0 spiro atoms. The molecule has 2 saturated carbocycles. The average molecular weight is 631 g/mol. The number of carbonyl (C=O) groups excluding carboxylic acids is 6. The first kappa shape index (κ1) is 31.9. The molecule has 5 aliphatic rings. The van der Waals surface area contributed by atoms with Crippen molar-refractivity contribution in [2.24, 2.45) is 17.3 Å². The molecule has 0 radical (unpaired) electrons.